The van der Waals surface area contributed by atoms with Gasteiger partial charge in [-0.05, 0) is 25.0 Å². The summed E-state index contributed by atoms with van der Waals surface area (Å²) in [6, 6.07) is 4.44. The molecule has 1 aromatic rings. The van der Waals surface area contributed by atoms with Crippen LogP contribution in [0.5, 0.6) is 0 Å². The number of hydrogen-bond acceptors (Lipinski definition) is 5. The second-order valence-corrected chi connectivity index (χ2v) is 4.81. The Hall–Kier alpha value is -2.64. The highest BCUT2D eigenvalue weighted by atomic mass is 16.6. The van der Waals surface area contributed by atoms with Gasteiger partial charge in [0.05, 0.1) is 11.3 Å². The molecule has 0 atom stereocenters. The Labute approximate surface area is 120 Å². The lowest BCUT2D eigenvalue weighted by molar-refractivity contribution is -0.384. The molecule has 0 aromatic heterocycles. The van der Waals surface area contributed by atoms with Gasteiger partial charge in [0.1, 0.15) is 5.69 Å². The van der Waals surface area contributed by atoms with E-state index in [1.807, 2.05) is 0 Å². The van der Waals surface area contributed by atoms with Gasteiger partial charge >= 0.3 is 5.97 Å². The van der Waals surface area contributed by atoms with Crippen molar-refractivity contribution in [2.75, 3.05) is 11.9 Å². The van der Waals surface area contributed by atoms with Gasteiger partial charge in [-0.15, -0.1) is 0 Å². The molecular weight excluding hydrogens is 278 g/mol. The first-order valence-corrected chi connectivity index (χ1v) is 6.52. The predicted octanol–water partition coefficient (Wildman–Crippen LogP) is 1.37. The summed E-state index contributed by atoms with van der Waals surface area (Å²) >= 11 is 0. The smallest absolute Gasteiger partial charge is 0.305 e. The van der Waals surface area contributed by atoms with Crippen LogP contribution in [0.15, 0.2) is 18.2 Å². The van der Waals surface area contributed by atoms with Crippen LogP contribution in [0.4, 0.5) is 11.4 Å². The topological polar surface area (TPSA) is 122 Å². The number of anilines is 1. The van der Waals surface area contributed by atoms with Crippen molar-refractivity contribution in [2.45, 2.75) is 25.3 Å². The largest absolute Gasteiger partial charge is 0.481 e. The fourth-order valence-corrected chi connectivity index (χ4v) is 1.78. The maximum atomic E-state index is 11.8. The third kappa shape index (κ3) is 4.16. The minimum Gasteiger partial charge on any atom is -0.481 e. The minimum atomic E-state index is -1.02. The number of carbonyl (C=O) groups is 2. The summed E-state index contributed by atoms with van der Waals surface area (Å²) in [5, 5.41) is 25.0. The molecule has 8 heteroatoms. The average Bonchev–Trinajstić information content (AvgIpc) is 3.22. The van der Waals surface area contributed by atoms with Crippen LogP contribution < -0.4 is 10.6 Å². The number of rotatable bonds is 7. The molecule has 1 saturated carbocycles. The molecule has 21 heavy (non-hydrogen) atoms. The van der Waals surface area contributed by atoms with Crippen LogP contribution in [0.25, 0.3) is 0 Å². The summed E-state index contributed by atoms with van der Waals surface area (Å²) < 4.78 is 0. The SMILES string of the molecule is O=C(O)CCNC(=O)c1ccc(NC2CC2)c([N+](=O)[O-])c1. The van der Waals surface area contributed by atoms with Crippen LogP contribution in [0, 0.1) is 10.1 Å². The molecule has 0 radical (unpaired) electrons. The van der Waals surface area contributed by atoms with E-state index in [1.54, 1.807) is 0 Å². The second-order valence-electron chi connectivity index (χ2n) is 4.81. The molecule has 112 valence electrons. The van der Waals surface area contributed by atoms with Gasteiger partial charge in [0.15, 0.2) is 0 Å². The van der Waals surface area contributed by atoms with E-state index in [4.69, 9.17) is 5.11 Å². The number of carboxylic acids is 1. The van der Waals surface area contributed by atoms with E-state index < -0.39 is 16.8 Å². The van der Waals surface area contributed by atoms with E-state index in [0.29, 0.717) is 5.69 Å². The molecule has 0 saturated heterocycles. The van der Waals surface area contributed by atoms with Gasteiger partial charge < -0.3 is 15.7 Å². The molecule has 1 aromatic carbocycles. The molecule has 0 heterocycles. The zero-order valence-corrected chi connectivity index (χ0v) is 11.2. The molecule has 1 amide bonds. The summed E-state index contributed by atoms with van der Waals surface area (Å²) in [6.07, 6.45) is 1.76. The van der Waals surface area contributed by atoms with Crippen LogP contribution in [0.1, 0.15) is 29.6 Å². The molecule has 1 fully saturated rings. The molecule has 1 aliphatic carbocycles. The van der Waals surface area contributed by atoms with E-state index in [1.165, 1.54) is 18.2 Å². The Morgan fingerprint density at radius 2 is 2.10 bits per heavy atom. The number of amides is 1. The standard InChI is InChI=1S/C13H15N3O5/c17-12(18)5-6-14-13(19)8-1-4-10(15-9-2-3-9)11(7-8)16(20)21/h1,4,7,9,15H,2-3,5-6H2,(H,14,19)(H,17,18). The number of hydrogen-bond donors (Lipinski definition) is 3. The van der Waals surface area contributed by atoms with Crippen molar-refractivity contribution in [3.8, 4) is 0 Å². The summed E-state index contributed by atoms with van der Waals surface area (Å²) in [7, 11) is 0. The molecule has 0 aliphatic heterocycles. The number of nitro benzene ring substituents is 1. The molecule has 0 unspecified atom stereocenters. The molecular formula is C13H15N3O5. The van der Waals surface area contributed by atoms with Crippen LogP contribution >= 0.6 is 0 Å². The van der Waals surface area contributed by atoms with Crippen molar-refractivity contribution in [3.05, 3.63) is 33.9 Å². The fourth-order valence-electron chi connectivity index (χ4n) is 1.78. The van der Waals surface area contributed by atoms with Crippen molar-refractivity contribution in [1.82, 2.24) is 5.32 Å². The predicted molar refractivity (Wildman–Crippen MR) is 74.3 cm³/mol. The first kappa shape index (κ1) is 14.8. The lowest BCUT2D eigenvalue weighted by atomic mass is 10.1. The van der Waals surface area contributed by atoms with E-state index in [2.05, 4.69) is 10.6 Å². The fraction of sp³-hybridized carbons (Fsp3) is 0.385. The Bertz CT molecular complexity index is 583. The van der Waals surface area contributed by atoms with Crippen molar-refractivity contribution in [3.63, 3.8) is 0 Å². The summed E-state index contributed by atoms with van der Waals surface area (Å²) in [5.74, 6) is -1.55. The number of nitro groups is 1. The van der Waals surface area contributed by atoms with Gasteiger partial charge in [0.2, 0.25) is 0 Å². The Morgan fingerprint density at radius 1 is 1.38 bits per heavy atom. The normalized spacial score (nSPS) is 13.5. The first-order valence-electron chi connectivity index (χ1n) is 6.52. The average molecular weight is 293 g/mol. The number of carboxylic acid groups (broad SMARTS) is 1. The third-order valence-electron chi connectivity index (χ3n) is 3.02. The monoisotopic (exact) mass is 293 g/mol. The van der Waals surface area contributed by atoms with Gasteiger partial charge in [-0.3, -0.25) is 19.7 Å². The van der Waals surface area contributed by atoms with Gasteiger partial charge in [-0.1, -0.05) is 0 Å². The molecule has 8 nitrogen and oxygen atoms in total. The number of benzene rings is 1. The number of nitrogens with one attached hydrogen (secondary N) is 2. The van der Waals surface area contributed by atoms with Crippen LogP contribution in [0.2, 0.25) is 0 Å². The molecule has 0 bridgehead atoms. The van der Waals surface area contributed by atoms with E-state index in [-0.39, 0.29) is 30.3 Å². The van der Waals surface area contributed by atoms with Gasteiger partial charge in [-0.2, -0.15) is 0 Å². The Morgan fingerprint density at radius 3 is 2.67 bits per heavy atom. The maximum absolute atomic E-state index is 11.8. The first-order chi connectivity index (χ1) is 9.97. The van der Waals surface area contributed by atoms with Crippen molar-refractivity contribution in [1.29, 1.82) is 0 Å². The van der Waals surface area contributed by atoms with Crippen LogP contribution in [-0.2, 0) is 4.79 Å². The summed E-state index contributed by atoms with van der Waals surface area (Å²) in [6.45, 7) is -0.0238. The molecule has 0 spiro atoms. The summed E-state index contributed by atoms with van der Waals surface area (Å²) in [5.41, 5.74) is 0.366. The van der Waals surface area contributed by atoms with Crippen LogP contribution in [-0.4, -0.2) is 34.5 Å². The molecule has 1 aliphatic rings. The maximum Gasteiger partial charge on any atom is 0.305 e. The number of carbonyl (C=O) groups excluding carboxylic acids is 1. The lowest BCUT2D eigenvalue weighted by Crippen LogP contribution is -2.26. The van der Waals surface area contributed by atoms with Crippen LogP contribution in [0.3, 0.4) is 0 Å². The van der Waals surface area contributed by atoms with E-state index >= 15 is 0 Å². The minimum absolute atomic E-state index is 0.0238. The Balaban J connectivity index is 2.09. The highest BCUT2D eigenvalue weighted by Gasteiger charge is 2.25. The second kappa shape index (κ2) is 6.21. The number of aliphatic carboxylic acids is 1. The third-order valence-corrected chi connectivity index (χ3v) is 3.02. The van der Waals surface area contributed by atoms with Gasteiger partial charge in [0, 0.05) is 24.2 Å². The van der Waals surface area contributed by atoms with Crippen molar-refractivity contribution < 1.29 is 19.6 Å². The molecule has 2 rings (SSSR count). The quantitative estimate of drug-likeness (QED) is 0.515. The highest BCUT2D eigenvalue weighted by Crippen LogP contribution is 2.31. The van der Waals surface area contributed by atoms with E-state index in [0.717, 1.165) is 12.8 Å². The van der Waals surface area contributed by atoms with Crippen molar-refractivity contribution >= 4 is 23.3 Å². The van der Waals surface area contributed by atoms with Crippen molar-refractivity contribution in [2.24, 2.45) is 0 Å². The van der Waals surface area contributed by atoms with Gasteiger partial charge in [-0.25, -0.2) is 0 Å². The highest BCUT2D eigenvalue weighted by molar-refractivity contribution is 5.95. The summed E-state index contributed by atoms with van der Waals surface area (Å²) in [4.78, 5) is 32.7. The lowest BCUT2D eigenvalue weighted by Gasteiger charge is -2.08. The zero-order chi connectivity index (χ0) is 15.4. The van der Waals surface area contributed by atoms with E-state index in [9.17, 15) is 19.7 Å². The zero-order valence-electron chi connectivity index (χ0n) is 11.2. The number of nitrogens with zero attached hydrogens (tertiary/aromatic N) is 1. The Kier molecular flexibility index (Phi) is 4.36. The van der Waals surface area contributed by atoms with Gasteiger partial charge in [0.25, 0.3) is 11.6 Å². The molecule has 3 N–H and O–H groups in total.